The molecule has 1 aromatic rings. The van der Waals surface area contributed by atoms with Gasteiger partial charge in [0.05, 0.1) is 6.42 Å². The highest BCUT2D eigenvalue weighted by Crippen LogP contribution is 2.20. The van der Waals surface area contributed by atoms with Gasteiger partial charge in [-0.15, -0.1) is 0 Å². The van der Waals surface area contributed by atoms with E-state index in [1.807, 2.05) is 0 Å². The maximum atomic E-state index is 12.1. The van der Waals surface area contributed by atoms with Crippen molar-refractivity contribution >= 4 is 17.7 Å². The van der Waals surface area contributed by atoms with Crippen LogP contribution in [0.4, 0.5) is 10.5 Å². The van der Waals surface area contributed by atoms with E-state index >= 15 is 0 Å². The third-order valence-electron chi connectivity index (χ3n) is 3.67. The summed E-state index contributed by atoms with van der Waals surface area (Å²) in [7, 11) is 0. The molecule has 21 heavy (non-hydrogen) atoms. The Balaban J connectivity index is 1.86. The summed E-state index contributed by atoms with van der Waals surface area (Å²) in [4.78, 5) is 24.4. The minimum absolute atomic E-state index is 0.0246. The van der Waals surface area contributed by atoms with Gasteiger partial charge >= 0.3 is 12.0 Å². The van der Waals surface area contributed by atoms with Crippen molar-refractivity contribution in [2.24, 2.45) is 5.92 Å². The molecule has 1 atom stereocenters. The van der Waals surface area contributed by atoms with Gasteiger partial charge in [-0.05, 0) is 36.5 Å². The lowest BCUT2D eigenvalue weighted by atomic mass is 10.1. The highest BCUT2D eigenvalue weighted by atomic mass is 16.4. The van der Waals surface area contributed by atoms with E-state index in [0.717, 1.165) is 12.8 Å². The van der Waals surface area contributed by atoms with Crippen LogP contribution < -0.4 is 5.32 Å². The Hall–Kier alpha value is -2.08. The van der Waals surface area contributed by atoms with Crippen molar-refractivity contribution in [3.8, 4) is 0 Å². The number of carbonyl (C=O) groups is 2. The first kappa shape index (κ1) is 15.3. The molecule has 1 heterocycles. The lowest BCUT2D eigenvalue weighted by Gasteiger charge is -2.17. The normalized spacial score (nSPS) is 17.8. The Morgan fingerprint density at radius 1 is 1.29 bits per heavy atom. The highest BCUT2D eigenvalue weighted by molar-refractivity contribution is 5.89. The maximum absolute atomic E-state index is 12.1. The molecule has 1 saturated heterocycles. The number of hydrogen-bond acceptors (Lipinski definition) is 3. The largest absolute Gasteiger partial charge is 0.481 e. The van der Waals surface area contributed by atoms with Crippen LogP contribution in [0.2, 0.25) is 0 Å². The zero-order valence-electron chi connectivity index (χ0n) is 11.8. The van der Waals surface area contributed by atoms with Crippen LogP contribution in [0.3, 0.4) is 0 Å². The average molecular weight is 292 g/mol. The molecule has 0 radical (unpaired) electrons. The number of urea groups is 1. The third kappa shape index (κ3) is 4.46. The van der Waals surface area contributed by atoms with Crippen LogP contribution in [0.15, 0.2) is 24.3 Å². The number of aliphatic carboxylic acids is 1. The molecule has 6 heteroatoms. The minimum atomic E-state index is -0.876. The lowest BCUT2D eigenvalue weighted by Crippen LogP contribution is -2.33. The van der Waals surface area contributed by atoms with Crippen LogP contribution in [-0.2, 0) is 11.2 Å². The smallest absolute Gasteiger partial charge is 0.321 e. The van der Waals surface area contributed by atoms with E-state index < -0.39 is 5.97 Å². The van der Waals surface area contributed by atoms with Crippen LogP contribution in [-0.4, -0.2) is 46.8 Å². The van der Waals surface area contributed by atoms with Gasteiger partial charge < -0.3 is 20.4 Å². The molecule has 1 aliphatic rings. The molecule has 2 amide bonds. The standard InChI is InChI=1S/C15H20N2O4/c18-8-6-12-5-7-17(10-12)15(21)16-13-3-1-11(2-4-13)9-14(19)20/h1-4,12,18H,5-10H2,(H,16,21)(H,19,20). The second-order valence-corrected chi connectivity index (χ2v) is 5.31. The van der Waals surface area contributed by atoms with E-state index in [2.05, 4.69) is 5.32 Å². The van der Waals surface area contributed by atoms with Crippen LogP contribution >= 0.6 is 0 Å². The Morgan fingerprint density at radius 3 is 2.62 bits per heavy atom. The molecule has 1 fully saturated rings. The average Bonchev–Trinajstić information content (AvgIpc) is 2.89. The van der Waals surface area contributed by atoms with Crippen LogP contribution in [0.5, 0.6) is 0 Å². The number of aliphatic hydroxyl groups excluding tert-OH is 1. The van der Waals surface area contributed by atoms with Crippen LogP contribution in [0, 0.1) is 5.92 Å². The van der Waals surface area contributed by atoms with Gasteiger partial charge in [-0.3, -0.25) is 4.79 Å². The summed E-state index contributed by atoms with van der Waals surface area (Å²) < 4.78 is 0. The fourth-order valence-electron chi connectivity index (χ4n) is 2.52. The van der Waals surface area contributed by atoms with Crippen molar-refractivity contribution < 1.29 is 19.8 Å². The summed E-state index contributed by atoms with van der Waals surface area (Å²) in [5, 5.41) is 20.4. The second kappa shape index (κ2) is 7.08. The number of benzene rings is 1. The SMILES string of the molecule is O=C(O)Cc1ccc(NC(=O)N2CCC(CCO)C2)cc1. The number of carboxylic acid groups (broad SMARTS) is 1. The Labute approximate surface area is 123 Å². The Bertz CT molecular complexity index is 501. The van der Waals surface area contributed by atoms with Gasteiger partial charge in [0.15, 0.2) is 0 Å². The van der Waals surface area contributed by atoms with E-state index in [4.69, 9.17) is 10.2 Å². The summed E-state index contributed by atoms with van der Waals surface area (Å²) in [6, 6.07) is 6.65. The molecule has 3 N–H and O–H groups in total. The Kier molecular flexibility index (Phi) is 5.16. The number of hydrogen-bond donors (Lipinski definition) is 3. The minimum Gasteiger partial charge on any atom is -0.481 e. The number of likely N-dealkylation sites (tertiary alicyclic amines) is 1. The third-order valence-corrected chi connectivity index (χ3v) is 3.67. The van der Waals surface area contributed by atoms with Gasteiger partial charge in [0.25, 0.3) is 0 Å². The molecule has 0 aromatic heterocycles. The first-order valence-electron chi connectivity index (χ1n) is 7.06. The molecule has 2 rings (SSSR count). The molecule has 0 aliphatic carbocycles. The number of amides is 2. The molecule has 1 aliphatic heterocycles. The molecule has 6 nitrogen and oxygen atoms in total. The zero-order valence-corrected chi connectivity index (χ0v) is 11.8. The predicted octanol–water partition coefficient (Wildman–Crippen LogP) is 1.55. The monoisotopic (exact) mass is 292 g/mol. The van der Waals surface area contributed by atoms with Crippen molar-refractivity contribution in [2.45, 2.75) is 19.3 Å². The first-order valence-corrected chi connectivity index (χ1v) is 7.06. The van der Waals surface area contributed by atoms with E-state index in [9.17, 15) is 9.59 Å². The van der Waals surface area contributed by atoms with E-state index in [1.54, 1.807) is 29.2 Å². The fraction of sp³-hybridized carbons (Fsp3) is 0.467. The summed E-state index contributed by atoms with van der Waals surface area (Å²) in [6.45, 7) is 1.53. The summed E-state index contributed by atoms with van der Waals surface area (Å²) >= 11 is 0. The van der Waals surface area contributed by atoms with E-state index in [1.165, 1.54) is 0 Å². The van der Waals surface area contributed by atoms with Gasteiger partial charge in [0.2, 0.25) is 0 Å². The fourth-order valence-corrected chi connectivity index (χ4v) is 2.52. The topological polar surface area (TPSA) is 89.9 Å². The number of carbonyl (C=O) groups excluding carboxylic acids is 1. The quantitative estimate of drug-likeness (QED) is 0.768. The summed E-state index contributed by atoms with van der Waals surface area (Å²) in [5.74, 6) is -0.502. The lowest BCUT2D eigenvalue weighted by molar-refractivity contribution is -0.136. The van der Waals surface area contributed by atoms with Gasteiger partial charge in [-0.1, -0.05) is 12.1 Å². The number of aliphatic hydroxyl groups is 1. The van der Waals surface area contributed by atoms with Gasteiger partial charge in [-0.25, -0.2) is 4.79 Å². The van der Waals surface area contributed by atoms with Gasteiger partial charge in [-0.2, -0.15) is 0 Å². The molecular formula is C15H20N2O4. The zero-order chi connectivity index (χ0) is 15.2. The number of rotatable bonds is 5. The van der Waals surface area contributed by atoms with Crippen LogP contribution in [0.25, 0.3) is 0 Å². The maximum Gasteiger partial charge on any atom is 0.321 e. The Morgan fingerprint density at radius 2 is 2.00 bits per heavy atom. The van der Waals surface area contributed by atoms with E-state index in [-0.39, 0.29) is 19.1 Å². The van der Waals surface area contributed by atoms with Crippen molar-refractivity contribution in [3.63, 3.8) is 0 Å². The van der Waals surface area contributed by atoms with Crippen molar-refractivity contribution in [1.82, 2.24) is 4.90 Å². The number of nitrogens with one attached hydrogen (secondary N) is 1. The van der Waals surface area contributed by atoms with Crippen molar-refractivity contribution in [1.29, 1.82) is 0 Å². The van der Waals surface area contributed by atoms with Gasteiger partial charge in [0.1, 0.15) is 0 Å². The predicted molar refractivity (Wildman–Crippen MR) is 78.2 cm³/mol. The molecule has 1 aromatic carbocycles. The molecule has 114 valence electrons. The molecule has 0 bridgehead atoms. The number of carboxylic acids is 1. The van der Waals surface area contributed by atoms with Crippen molar-refractivity contribution in [3.05, 3.63) is 29.8 Å². The van der Waals surface area contributed by atoms with Gasteiger partial charge in [0, 0.05) is 25.4 Å². The van der Waals surface area contributed by atoms with Crippen LogP contribution in [0.1, 0.15) is 18.4 Å². The number of nitrogens with zero attached hydrogens (tertiary/aromatic N) is 1. The molecule has 0 spiro atoms. The van der Waals surface area contributed by atoms with E-state index in [0.29, 0.717) is 30.3 Å². The van der Waals surface area contributed by atoms with Crippen molar-refractivity contribution in [2.75, 3.05) is 25.0 Å². The first-order chi connectivity index (χ1) is 10.1. The summed E-state index contributed by atoms with van der Waals surface area (Å²) in [6.07, 6.45) is 1.63. The molecular weight excluding hydrogens is 272 g/mol. The second-order valence-electron chi connectivity index (χ2n) is 5.31. The highest BCUT2D eigenvalue weighted by Gasteiger charge is 2.25. The molecule has 0 saturated carbocycles. The summed E-state index contributed by atoms with van der Waals surface area (Å²) in [5.41, 5.74) is 1.35. The number of anilines is 1. The molecule has 1 unspecified atom stereocenters.